The Bertz CT molecular complexity index is 568. The van der Waals surface area contributed by atoms with Gasteiger partial charge in [0.25, 0.3) is 0 Å². The molecule has 1 aromatic rings. The summed E-state index contributed by atoms with van der Waals surface area (Å²) >= 11 is 0. The number of ether oxygens (including phenoxy) is 1. The minimum absolute atomic E-state index is 0.191. The van der Waals surface area contributed by atoms with E-state index >= 15 is 0 Å². The highest BCUT2D eigenvalue weighted by atomic mass is 19.4. The van der Waals surface area contributed by atoms with Gasteiger partial charge in [0.15, 0.2) is 0 Å². The van der Waals surface area contributed by atoms with Crippen molar-refractivity contribution in [2.24, 2.45) is 0 Å². The number of amides is 2. The number of hydrogen-bond donors (Lipinski definition) is 2. The highest BCUT2D eigenvalue weighted by Crippen LogP contribution is 2.29. The quantitative estimate of drug-likeness (QED) is 0.806. The van der Waals surface area contributed by atoms with E-state index in [9.17, 15) is 18.0 Å². The fourth-order valence-corrected chi connectivity index (χ4v) is 3.04. The molecular weight excluding hydrogens is 347 g/mol. The molecule has 0 aromatic heterocycles. The normalized spacial score (nSPS) is 21.4. The Balaban J connectivity index is 1.61. The zero-order valence-electron chi connectivity index (χ0n) is 15.1. The summed E-state index contributed by atoms with van der Waals surface area (Å²) < 4.78 is 43.2. The van der Waals surface area contributed by atoms with Gasteiger partial charge in [0, 0.05) is 32.7 Å². The number of carbonyl (C=O) groups is 1. The Morgan fingerprint density at radius 1 is 1.12 bits per heavy atom. The highest BCUT2D eigenvalue weighted by molar-refractivity contribution is 5.73. The summed E-state index contributed by atoms with van der Waals surface area (Å²) in [7, 11) is 0. The molecule has 26 heavy (non-hydrogen) atoms. The molecule has 1 fully saturated rings. The van der Waals surface area contributed by atoms with Crippen LogP contribution in [0.15, 0.2) is 24.3 Å². The number of rotatable bonds is 6. The number of nitrogens with one attached hydrogen (secondary N) is 2. The molecule has 1 aromatic carbocycles. The number of alkyl halides is 3. The minimum Gasteiger partial charge on any atom is -0.373 e. The summed E-state index contributed by atoms with van der Waals surface area (Å²) in [6.07, 6.45) is -3.47. The van der Waals surface area contributed by atoms with Crippen LogP contribution in [0.3, 0.4) is 0 Å². The van der Waals surface area contributed by atoms with Crippen molar-refractivity contribution < 1.29 is 22.7 Å². The molecule has 146 valence electrons. The lowest BCUT2D eigenvalue weighted by molar-refractivity contribution is -0.137. The zero-order valence-corrected chi connectivity index (χ0v) is 15.1. The molecule has 0 saturated carbocycles. The van der Waals surface area contributed by atoms with Crippen molar-refractivity contribution in [2.75, 3.05) is 32.7 Å². The van der Waals surface area contributed by atoms with Crippen LogP contribution < -0.4 is 10.6 Å². The standard InChI is InChI=1S/C18H26F3N3O2/c1-13-11-24(12-14(2)26-13)10-9-23-17(25)22-8-7-15-3-5-16(6-4-15)18(19,20)21/h3-6,13-14H,7-12H2,1-2H3,(H2,22,23,25). The van der Waals surface area contributed by atoms with Gasteiger partial charge < -0.3 is 15.4 Å². The second kappa shape index (κ2) is 9.23. The number of carbonyl (C=O) groups excluding carboxylic acids is 1. The average molecular weight is 373 g/mol. The van der Waals surface area contributed by atoms with Crippen molar-refractivity contribution in [3.63, 3.8) is 0 Å². The Morgan fingerprint density at radius 3 is 2.27 bits per heavy atom. The fourth-order valence-electron chi connectivity index (χ4n) is 3.04. The van der Waals surface area contributed by atoms with Gasteiger partial charge in [-0.05, 0) is 38.0 Å². The van der Waals surface area contributed by atoms with Crippen molar-refractivity contribution >= 4 is 6.03 Å². The zero-order chi connectivity index (χ0) is 19.2. The second-order valence-electron chi connectivity index (χ2n) is 6.64. The molecule has 1 heterocycles. The molecule has 0 aliphatic carbocycles. The van der Waals surface area contributed by atoms with Crippen molar-refractivity contribution in [1.29, 1.82) is 0 Å². The SMILES string of the molecule is CC1CN(CCNC(=O)NCCc2ccc(C(F)(F)F)cc2)CC(C)O1. The van der Waals surface area contributed by atoms with E-state index in [1.807, 2.05) is 13.8 Å². The van der Waals surface area contributed by atoms with E-state index in [1.165, 1.54) is 12.1 Å². The van der Waals surface area contributed by atoms with Crippen LogP contribution in [0.2, 0.25) is 0 Å². The Morgan fingerprint density at radius 2 is 1.69 bits per heavy atom. The first kappa shape index (κ1) is 20.5. The van der Waals surface area contributed by atoms with Crippen LogP contribution in [-0.4, -0.2) is 55.9 Å². The summed E-state index contributed by atoms with van der Waals surface area (Å²) in [6, 6.07) is 4.71. The maximum atomic E-state index is 12.5. The second-order valence-corrected chi connectivity index (χ2v) is 6.64. The third kappa shape index (κ3) is 6.84. The van der Waals surface area contributed by atoms with E-state index in [4.69, 9.17) is 4.74 Å². The van der Waals surface area contributed by atoms with E-state index in [-0.39, 0.29) is 18.2 Å². The van der Waals surface area contributed by atoms with Gasteiger partial charge >= 0.3 is 12.2 Å². The number of urea groups is 1. The third-order valence-corrected chi connectivity index (χ3v) is 4.19. The summed E-state index contributed by atoms with van der Waals surface area (Å²) in [5.41, 5.74) is 0.0771. The maximum Gasteiger partial charge on any atom is 0.416 e. The Hall–Kier alpha value is -1.80. The lowest BCUT2D eigenvalue weighted by Crippen LogP contribution is -2.48. The lowest BCUT2D eigenvalue weighted by atomic mass is 10.1. The van der Waals surface area contributed by atoms with E-state index in [0.717, 1.165) is 37.3 Å². The first-order valence-electron chi connectivity index (χ1n) is 8.79. The molecule has 0 radical (unpaired) electrons. The summed E-state index contributed by atoms with van der Waals surface area (Å²) in [4.78, 5) is 14.0. The van der Waals surface area contributed by atoms with Crippen molar-refractivity contribution in [1.82, 2.24) is 15.5 Å². The fraction of sp³-hybridized carbons (Fsp3) is 0.611. The van der Waals surface area contributed by atoms with Crippen LogP contribution in [0.25, 0.3) is 0 Å². The monoisotopic (exact) mass is 373 g/mol. The molecule has 5 nitrogen and oxygen atoms in total. The van der Waals surface area contributed by atoms with Crippen LogP contribution >= 0.6 is 0 Å². The number of hydrogen-bond acceptors (Lipinski definition) is 3. The van der Waals surface area contributed by atoms with Gasteiger partial charge in [0.2, 0.25) is 0 Å². The van der Waals surface area contributed by atoms with Crippen LogP contribution in [0, 0.1) is 0 Å². The molecule has 8 heteroatoms. The van der Waals surface area contributed by atoms with E-state index in [0.29, 0.717) is 19.5 Å². The van der Waals surface area contributed by atoms with Crippen LogP contribution in [0.5, 0.6) is 0 Å². The lowest BCUT2D eigenvalue weighted by Gasteiger charge is -2.35. The van der Waals surface area contributed by atoms with Gasteiger partial charge in [-0.1, -0.05) is 12.1 Å². The molecule has 0 bridgehead atoms. The van der Waals surface area contributed by atoms with Gasteiger partial charge in [0.1, 0.15) is 0 Å². The molecule has 0 spiro atoms. The molecule has 2 rings (SSSR count). The van der Waals surface area contributed by atoms with Gasteiger partial charge in [0.05, 0.1) is 17.8 Å². The number of nitrogens with zero attached hydrogens (tertiary/aromatic N) is 1. The Kier molecular flexibility index (Phi) is 7.28. The molecule has 2 atom stereocenters. The van der Waals surface area contributed by atoms with E-state index in [2.05, 4.69) is 15.5 Å². The van der Waals surface area contributed by atoms with E-state index in [1.54, 1.807) is 0 Å². The van der Waals surface area contributed by atoms with E-state index < -0.39 is 11.7 Å². The largest absolute Gasteiger partial charge is 0.416 e. The smallest absolute Gasteiger partial charge is 0.373 e. The third-order valence-electron chi connectivity index (χ3n) is 4.19. The first-order valence-corrected chi connectivity index (χ1v) is 8.79. The molecule has 2 N–H and O–H groups in total. The van der Waals surface area contributed by atoms with Crippen molar-refractivity contribution in [3.05, 3.63) is 35.4 Å². The van der Waals surface area contributed by atoms with Crippen LogP contribution in [-0.2, 0) is 17.3 Å². The number of morpholine rings is 1. The van der Waals surface area contributed by atoms with Crippen molar-refractivity contribution in [2.45, 2.75) is 38.7 Å². The van der Waals surface area contributed by atoms with Gasteiger partial charge in [-0.15, -0.1) is 0 Å². The summed E-state index contributed by atoms with van der Waals surface area (Å²) in [6.45, 7) is 7.41. The highest BCUT2D eigenvalue weighted by Gasteiger charge is 2.29. The van der Waals surface area contributed by atoms with Crippen LogP contribution in [0.4, 0.5) is 18.0 Å². The molecule has 1 aliphatic rings. The number of halogens is 3. The topological polar surface area (TPSA) is 53.6 Å². The molecular formula is C18H26F3N3O2. The molecule has 2 unspecified atom stereocenters. The molecule has 2 amide bonds. The molecule has 1 saturated heterocycles. The predicted octanol–water partition coefficient (Wildman–Crippen LogP) is 2.66. The first-order chi connectivity index (χ1) is 12.2. The van der Waals surface area contributed by atoms with Crippen LogP contribution in [0.1, 0.15) is 25.0 Å². The minimum atomic E-state index is -4.33. The number of benzene rings is 1. The summed E-state index contributed by atoms with van der Waals surface area (Å²) in [5, 5.41) is 5.51. The van der Waals surface area contributed by atoms with Gasteiger partial charge in [-0.3, -0.25) is 4.90 Å². The van der Waals surface area contributed by atoms with Gasteiger partial charge in [-0.2, -0.15) is 13.2 Å². The average Bonchev–Trinajstić information content (AvgIpc) is 2.53. The van der Waals surface area contributed by atoms with Gasteiger partial charge in [-0.25, -0.2) is 4.79 Å². The van der Waals surface area contributed by atoms with Crippen molar-refractivity contribution in [3.8, 4) is 0 Å². The maximum absolute atomic E-state index is 12.5. The predicted molar refractivity (Wildman–Crippen MR) is 93.0 cm³/mol. The summed E-state index contributed by atoms with van der Waals surface area (Å²) in [5.74, 6) is 0. The Labute approximate surface area is 151 Å². The molecule has 1 aliphatic heterocycles.